The third-order valence-corrected chi connectivity index (χ3v) is 11.2. The fourth-order valence-electron chi connectivity index (χ4n) is 8.57. The van der Waals surface area contributed by atoms with Gasteiger partial charge in [-0.3, -0.25) is 10.0 Å². The van der Waals surface area contributed by atoms with Crippen LogP contribution in [0.4, 0.5) is 5.69 Å². The lowest BCUT2D eigenvalue weighted by Crippen LogP contribution is -2.53. The molecule has 1 amide bonds. The SMILES string of the molecule is C[C@]12CCC(=NOCC(=O)N[C@@H](C(=O)O)[C@H](O)c3cccc(N([O-])O)c3)C=C1CC[C@@H]1[C@H]3CC[C@](C)(O)[C@]3(C)CC[C@@H]12. The van der Waals surface area contributed by atoms with Crippen LogP contribution in [0.1, 0.15) is 83.8 Å². The average Bonchev–Trinajstić information content (AvgIpc) is 3.19. The molecular weight excluding hydrogens is 542 g/mol. The number of carboxylic acids is 1. The van der Waals surface area contributed by atoms with Crippen LogP contribution >= 0.6 is 0 Å². The Bertz CT molecular complexity index is 1280. The molecule has 3 fully saturated rings. The summed E-state index contributed by atoms with van der Waals surface area (Å²) in [6.07, 6.45) is 8.28. The van der Waals surface area contributed by atoms with E-state index in [0.29, 0.717) is 24.2 Å². The minimum absolute atomic E-state index is 0.0152. The first-order valence-electron chi connectivity index (χ1n) is 14.9. The Morgan fingerprint density at radius 2 is 1.88 bits per heavy atom. The second-order valence-electron chi connectivity index (χ2n) is 13.3. The molecule has 1 aromatic rings. The van der Waals surface area contributed by atoms with Crippen molar-refractivity contribution in [3.8, 4) is 0 Å². The highest BCUT2D eigenvalue weighted by Crippen LogP contribution is 2.67. The average molecular weight is 585 g/mol. The molecule has 0 aliphatic heterocycles. The van der Waals surface area contributed by atoms with Gasteiger partial charge in [0, 0.05) is 0 Å². The topological polar surface area (TPSA) is 175 Å². The molecule has 0 saturated heterocycles. The van der Waals surface area contributed by atoms with E-state index in [2.05, 4.69) is 30.4 Å². The second kappa shape index (κ2) is 11.3. The van der Waals surface area contributed by atoms with Crippen LogP contribution in [0.15, 0.2) is 41.1 Å². The maximum atomic E-state index is 12.5. The number of carboxylic acid groups (broad SMARTS) is 1. The minimum Gasteiger partial charge on any atom is -0.733 e. The highest BCUT2D eigenvalue weighted by molar-refractivity contribution is 5.96. The Morgan fingerprint density at radius 3 is 2.60 bits per heavy atom. The molecule has 5 N–H and O–H groups in total. The van der Waals surface area contributed by atoms with E-state index in [4.69, 9.17) is 10.0 Å². The van der Waals surface area contributed by atoms with E-state index < -0.39 is 41.5 Å². The third kappa shape index (κ3) is 5.32. The molecule has 1 aromatic carbocycles. The minimum atomic E-state index is -1.71. The monoisotopic (exact) mass is 584 g/mol. The van der Waals surface area contributed by atoms with Gasteiger partial charge in [-0.1, -0.05) is 36.7 Å². The van der Waals surface area contributed by atoms with E-state index in [9.17, 15) is 30.1 Å². The van der Waals surface area contributed by atoms with E-state index in [-0.39, 0.29) is 22.1 Å². The van der Waals surface area contributed by atoms with Gasteiger partial charge < -0.3 is 35.9 Å². The van der Waals surface area contributed by atoms with Crippen molar-refractivity contribution in [3.63, 3.8) is 0 Å². The molecule has 230 valence electrons. The molecule has 8 atom stereocenters. The first-order chi connectivity index (χ1) is 19.8. The number of nitrogens with one attached hydrogen (secondary N) is 1. The zero-order valence-corrected chi connectivity index (χ0v) is 24.5. The van der Waals surface area contributed by atoms with E-state index in [1.165, 1.54) is 23.8 Å². The Labute approximate surface area is 245 Å². The molecule has 42 heavy (non-hydrogen) atoms. The molecule has 11 nitrogen and oxygen atoms in total. The molecule has 0 radical (unpaired) electrons. The molecule has 5 rings (SSSR count). The summed E-state index contributed by atoms with van der Waals surface area (Å²) in [6.45, 7) is 6.16. The van der Waals surface area contributed by atoms with Gasteiger partial charge in [0.25, 0.3) is 5.91 Å². The number of carbonyl (C=O) groups excluding carboxylic acids is 1. The number of aliphatic hydroxyl groups excluding tert-OH is 1. The predicted molar refractivity (Wildman–Crippen MR) is 154 cm³/mol. The van der Waals surface area contributed by atoms with E-state index in [1.807, 2.05) is 6.92 Å². The number of allylic oxidation sites excluding steroid dienone is 2. The van der Waals surface area contributed by atoms with Crippen LogP contribution in [0.25, 0.3) is 0 Å². The number of anilines is 1. The summed E-state index contributed by atoms with van der Waals surface area (Å²) in [4.78, 5) is 29.6. The maximum absolute atomic E-state index is 12.5. The number of fused-ring (bicyclic) bond motifs is 5. The number of hydrogen-bond donors (Lipinski definition) is 5. The van der Waals surface area contributed by atoms with Gasteiger partial charge in [-0.15, -0.1) is 0 Å². The van der Waals surface area contributed by atoms with Gasteiger partial charge >= 0.3 is 5.97 Å². The number of rotatable bonds is 8. The molecule has 4 aliphatic carbocycles. The quantitative estimate of drug-likeness (QED) is 0.282. The number of aliphatic carboxylic acids is 1. The summed E-state index contributed by atoms with van der Waals surface area (Å²) in [5, 5.41) is 57.5. The molecule has 4 aliphatic rings. The van der Waals surface area contributed by atoms with Crippen molar-refractivity contribution in [1.29, 1.82) is 0 Å². The first kappa shape index (κ1) is 30.5. The lowest BCUT2D eigenvalue weighted by molar-refractivity contribution is -0.146. The number of amides is 1. The second-order valence-corrected chi connectivity index (χ2v) is 13.3. The fourth-order valence-corrected chi connectivity index (χ4v) is 8.57. The van der Waals surface area contributed by atoms with Gasteiger partial charge in [-0.05, 0) is 111 Å². The Balaban J connectivity index is 1.20. The largest absolute Gasteiger partial charge is 0.733 e. The number of hydrogen-bond acceptors (Lipinski definition) is 9. The van der Waals surface area contributed by atoms with Crippen molar-refractivity contribution >= 4 is 23.3 Å². The molecule has 0 heterocycles. The molecule has 11 heteroatoms. The normalized spacial score (nSPS) is 36.1. The van der Waals surface area contributed by atoms with Crippen molar-refractivity contribution in [3.05, 3.63) is 46.7 Å². The molecular formula is C31H42N3O8-. The summed E-state index contributed by atoms with van der Waals surface area (Å²) in [7, 11) is 0. The summed E-state index contributed by atoms with van der Waals surface area (Å²) >= 11 is 0. The summed E-state index contributed by atoms with van der Waals surface area (Å²) < 4.78 is 0. The number of aliphatic hydroxyl groups is 2. The fraction of sp³-hybridized carbons (Fsp3) is 0.645. The van der Waals surface area contributed by atoms with Crippen LogP contribution in [0.3, 0.4) is 0 Å². The third-order valence-electron chi connectivity index (χ3n) is 11.2. The Hall–Kier alpha value is -2.99. The van der Waals surface area contributed by atoms with Crippen molar-refractivity contribution < 1.29 is 35.0 Å². The zero-order chi connectivity index (χ0) is 30.4. The van der Waals surface area contributed by atoms with Crippen LogP contribution in [0.2, 0.25) is 0 Å². The molecule has 0 unspecified atom stereocenters. The van der Waals surface area contributed by atoms with Crippen LogP contribution in [0.5, 0.6) is 0 Å². The van der Waals surface area contributed by atoms with Gasteiger partial charge in [0.1, 0.15) is 6.10 Å². The highest BCUT2D eigenvalue weighted by Gasteiger charge is 2.62. The van der Waals surface area contributed by atoms with E-state index >= 15 is 0 Å². The molecule has 0 bridgehead atoms. The van der Waals surface area contributed by atoms with Crippen LogP contribution < -0.4 is 10.5 Å². The van der Waals surface area contributed by atoms with Gasteiger partial charge in [0.2, 0.25) is 0 Å². The molecule has 0 aromatic heterocycles. The van der Waals surface area contributed by atoms with Gasteiger partial charge in [-0.25, -0.2) is 4.79 Å². The van der Waals surface area contributed by atoms with Gasteiger partial charge in [0.05, 0.1) is 17.0 Å². The number of carbonyl (C=O) groups is 2. The summed E-state index contributed by atoms with van der Waals surface area (Å²) in [5.41, 5.74) is 1.42. The molecule has 3 saturated carbocycles. The Morgan fingerprint density at radius 1 is 1.14 bits per heavy atom. The summed E-state index contributed by atoms with van der Waals surface area (Å²) in [5.74, 6) is -0.518. The van der Waals surface area contributed by atoms with Gasteiger partial charge in [0.15, 0.2) is 12.6 Å². The van der Waals surface area contributed by atoms with E-state index in [0.717, 1.165) is 56.7 Å². The number of nitrogens with zero attached hydrogens (tertiary/aromatic N) is 2. The first-order valence-corrected chi connectivity index (χ1v) is 14.9. The van der Waals surface area contributed by atoms with Crippen LogP contribution in [-0.4, -0.2) is 56.4 Å². The lowest BCUT2D eigenvalue weighted by Gasteiger charge is -2.59. The van der Waals surface area contributed by atoms with Crippen LogP contribution in [-0.2, 0) is 14.4 Å². The maximum Gasteiger partial charge on any atom is 0.329 e. The Kier molecular flexibility index (Phi) is 8.17. The van der Waals surface area contributed by atoms with Crippen molar-refractivity contribution in [2.75, 3.05) is 11.8 Å². The highest BCUT2D eigenvalue weighted by atomic mass is 16.8. The predicted octanol–water partition coefficient (Wildman–Crippen LogP) is 4.07. The number of oxime groups is 1. The van der Waals surface area contributed by atoms with Crippen molar-refractivity contribution in [1.82, 2.24) is 5.32 Å². The lowest BCUT2D eigenvalue weighted by atomic mass is 9.46. The zero-order valence-electron chi connectivity index (χ0n) is 24.5. The standard InChI is InChI=1S/C31H42N3O8/c1-29-12-9-20(16-19(29)7-8-22-23(29)10-13-30(2)24(22)11-14-31(30,3)39)33-42-17-25(35)32-26(28(37)38)27(36)18-5-4-6-21(15-18)34(40)41/h4-6,15-16,22-24,26-27,36,39-40H,7-14,17H2,1-3H3,(H,32,35)(H,37,38)/q-1/t22-,23-,24+,26+,27+,29-,30+,31-/m0/s1. The smallest absolute Gasteiger partial charge is 0.329 e. The molecule has 0 spiro atoms. The van der Waals surface area contributed by atoms with E-state index in [1.54, 1.807) is 0 Å². The number of benzene rings is 1. The van der Waals surface area contributed by atoms with Crippen LogP contribution in [0, 0.1) is 33.8 Å². The summed E-state index contributed by atoms with van der Waals surface area (Å²) in [6, 6.07) is 3.45. The van der Waals surface area contributed by atoms with Crippen molar-refractivity contribution in [2.45, 2.75) is 89.9 Å². The van der Waals surface area contributed by atoms with Gasteiger partial charge in [-0.2, -0.15) is 0 Å². The van der Waals surface area contributed by atoms with Crippen molar-refractivity contribution in [2.24, 2.45) is 33.7 Å².